The molecule has 116 valence electrons. The van der Waals surface area contributed by atoms with Crippen LogP contribution in [-0.4, -0.2) is 30.6 Å². The summed E-state index contributed by atoms with van der Waals surface area (Å²) in [5, 5.41) is 0. The highest BCUT2D eigenvalue weighted by atomic mass is 79.9. The number of anilines is 1. The van der Waals surface area contributed by atoms with Gasteiger partial charge < -0.3 is 4.90 Å². The van der Waals surface area contributed by atoms with Crippen molar-refractivity contribution in [2.75, 3.05) is 24.5 Å². The smallest absolute Gasteiger partial charge is 0.0389 e. The summed E-state index contributed by atoms with van der Waals surface area (Å²) in [6.45, 7) is 8.84. The average Bonchev–Trinajstić information content (AvgIpc) is 2.51. The second-order valence-corrected chi connectivity index (χ2v) is 7.16. The maximum Gasteiger partial charge on any atom is 0.0389 e. The topological polar surface area (TPSA) is 6.48 Å². The first-order valence-corrected chi connectivity index (χ1v) is 8.71. The molecule has 1 aliphatic rings. The quantitative estimate of drug-likeness (QED) is 0.798. The van der Waals surface area contributed by atoms with Crippen molar-refractivity contribution >= 4 is 21.6 Å². The van der Waals surface area contributed by atoms with Gasteiger partial charge in [-0.05, 0) is 43.7 Å². The van der Waals surface area contributed by atoms with Crippen molar-refractivity contribution in [2.45, 2.75) is 26.4 Å². The Morgan fingerprint density at radius 1 is 1.00 bits per heavy atom. The van der Waals surface area contributed by atoms with Gasteiger partial charge in [0.2, 0.25) is 0 Å². The lowest BCUT2D eigenvalue weighted by molar-refractivity contribution is 0.221. The number of piperazine rings is 1. The molecular weight excluding hydrogens is 336 g/mol. The highest BCUT2D eigenvalue weighted by Crippen LogP contribution is 2.22. The Morgan fingerprint density at radius 2 is 1.68 bits per heavy atom. The van der Waals surface area contributed by atoms with Crippen LogP contribution in [0.2, 0.25) is 0 Å². The first kappa shape index (κ1) is 15.6. The molecule has 3 rings (SSSR count). The van der Waals surface area contributed by atoms with E-state index in [0.29, 0.717) is 6.04 Å². The maximum atomic E-state index is 3.50. The summed E-state index contributed by atoms with van der Waals surface area (Å²) in [6, 6.07) is 18.1. The zero-order chi connectivity index (χ0) is 15.5. The molecule has 0 saturated carbocycles. The van der Waals surface area contributed by atoms with Crippen LogP contribution in [0.4, 0.5) is 5.69 Å². The van der Waals surface area contributed by atoms with Gasteiger partial charge in [-0.15, -0.1) is 0 Å². The van der Waals surface area contributed by atoms with Crippen LogP contribution < -0.4 is 4.90 Å². The van der Waals surface area contributed by atoms with Gasteiger partial charge in [-0.25, -0.2) is 0 Å². The predicted octanol–water partition coefficient (Wildman–Crippen LogP) is 4.47. The summed E-state index contributed by atoms with van der Waals surface area (Å²) in [4.78, 5) is 5.08. The second-order valence-electron chi connectivity index (χ2n) is 6.24. The van der Waals surface area contributed by atoms with E-state index in [2.05, 4.69) is 88.1 Å². The Kier molecular flexibility index (Phi) is 4.84. The minimum atomic E-state index is 0.548. The van der Waals surface area contributed by atoms with Crippen molar-refractivity contribution in [3.63, 3.8) is 0 Å². The Bertz CT molecular complexity index is 606. The summed E-state index contributed by atoms with van der Waals surface area (Å²) < 4.78 is 1.15. The molecule has 1 heterocycles. The summed E-state index contributed by atoms with van der Waals surface area (Å²) in [6.07, 6.45) is 0. The van der Waals surface area contributed by atoms with Gasteiger partial charge >= 0.3 is 0 Å². The van der Waals surface area contributed by atoms with Crippen LogP contribution >= 0.6 is 15.9 Å². The van der Waals surface area contributed by atoms with E-state index in [1.54, 1.807) is 0 Å². The number of rotatable bonds is 3. The first-order chi connectivity index (χ1) is 10.6. The van der Waals surface area contributed by atoms with E-state index in [0.717, 1.165) is 30.7 Å². The third-order valence-electron chi connectivity index (χ3n) is 4.40. The van der Waals surface area contributed by atoms with Crippen LogP contribution in [0.5, 0.6) is 0 Å². The summed E-state index contributed by atoms with van der Waals surface area (Å²) >= 11 is 3.50. The normalized spacial score (nSPS) is 19.4. The zero-order valence-electron chi connectivity index (χ0n) is 13.3. The molecule has 0 amide bonds. The minimum Gasteiger partial charge on any atom is -0.366 e. The SMILES string of the molecule is Cc1ccc(N2CCN(Cc3ccc(Br)cc3)CC2C)cc1. The fourth-order valence-electron chi connectivity index (χ4n) is 3.14. The lowest BCUT2D eigenvalue weighted by atomic mass is 10.1. The standard InChI is InChI=1S/C19H23BrN2/c1-15-3-9-19(10-4-15)22-12-11-21(13-16(22)2)14-17-5-7-18(20)8-6-17/h3-10,16H,11-14H2,1-2H3. The minimum absolute atomic E-state index is 0.548. The second kappa shape index (κ2) is 6.84. The van der Waals surface area contributed by atoms with Crippen molar-refractivity contribution in [2.24, 2.45) is 0 Å². The molecule has 2 nitrogen and oxygen atoms in total. The lowest BCUT2D eigenvalue weighted by Gasteiger charge is -2.41. The van der Waals surface area contributed by atoms with E-state index in [9.17, 15) is 0 Å². The van der Waals surface area contributed by atoms with Crippen LogP contribution in [0.25, 0.3) is 0 Å². The van der Waals surface area contributed by atoms with Gasteiger partial charge in [0.05, 0.1) is 0 Å². The van der Waals surface area contributed by atoms with Crippen molar-refractivity contribution < 1.29 is 0 Å². The zero-order valence-corrected chi connectivity index (χ0v) is 14.9. The number of halogens is 1. The van der Waals surface area contributed by atoms with Gasteiger partial charge in [-0.1, -0.05) is 45.8 Å². The lowest BCUT2D eigenvalue weighted by Crippen LogP contribution is -2.51. The highest BCUT2D eigenvalue weighted by molar-refractivity contribution is 9.10. The summed E-state index contributed by atoms with van der Waals surface area (Å²) in [5.41, 5.74) is 4.06. The average molecular weight is 359 g/mol. The number of nitrogens with zero attached hydrogens (tertiary/aromatic N) is 2. The molecule has 0 aromatic heterocycles. The molecule has 2 aromatic carbocycles. The predicted molar refractivity (Wildman–Crippen MR) is 97.4 cm³/mol. The molecule has 0 radical (unpaired) electrons. The van der Waals surface area contributed by atoms with Crippen LogP contribution in [0.15, 0.2) is 53.0 Å². The number of hydrogen-bond acceptors (Lipinski definition) is 2. The molecule has 0 bridgehead atoms. The summed E-state index contributed by atoms with van der Waals surface area (Å²) in [5.74, 6) is 0. The van der Waals surface area contributed by atoms with Crippen molar-refractivity contribution in [1.29, 1.82) is 0 Å². The van der Waals surface area contributed by atoms with Crippen LogP contribution in [0, 0.1) is 6.92 Å². The van der Waals surface area contributed by atoms with Gasteiger partial charge in [-0.2, -0.15) is 0 Å². The molecular formula is C19H23BrN2. The molecule has 0 spiro atoms. The molecule has 22 heavy (non-hydrogen) atoms. The largest absolute Gasteiger partial charge is 0.366 e. The van der Waals surface area contributed by atoms with E-state index in [-0.39, 0.29) is 0 Å². The number of benzene rings is 2. The van der Waals surface area contributed by atoms with Gasteiger partial charge in [0.25, 0.3) is 0 Å². The Hall–Kier alpha value is -1.32. The highest BCUT2D eigenvalue weighted by Gasteiger charge is 2.23. The summed E-state index contributed by atoms with van der Waals surface area (Å²) in [7, 11) is 0. The van der Waals surface area contributed by atoms with Crippen LogP contribution in [-0.2, 0) is 6.54 Å². The molecule has 0 N–H and O–H groups in total. The van der Waals surface area contributed by atoms with Crippen LogP contribution in [0.1, 0.15) is 18.1 Å². The van der Waals surface area contributed by atoms with E-state index >= 15 is 0 Å². The fourth-order valence-corrected chi connectivity index (χ4v) is 3.41. The molecule has 1 unspecified atom stereocenters. The van der Waals surface area contributed by atoms with Crippen molar-refractivity contribution in [3.8, 4) is 0 Å². The molecule has 1 atom stereocenters. The maximum absolute atomic E-state index is 3.50. The Balaban J connectivity index is 1.62. The number of aryl methyl sites for hydroxylation is 1. The third-order valence-corrected chi connectivity index (χ3v) is 4.93. The van der Waals surface area contributed by atoms with E-state index in [1.807, 2.05) is 0 Å². The van der Waals surface area contributed by atoms with Crippen molar-refractivity contribution in [1.82, 2.24) is 4.90 Å². The van der Waals surface area contributed by atoms with E-state index < -0.39 is 0 Å². The molecule has 0 aliphatic carbocycles. The third kappa shape index (κ3) is 3.71. The Morgan fingerprint density at radius 3 is 2.32 bits per heavy atom. The molecule has 1 saturated heterocycles. The van der Waals surface area contributed by atoms with Gasteiger partial charge in [0.15, 0.2) is 0 Å². The monoisotopic (exact) mass is 358 g/mol. The van der Waals surface area contributed by atoms with E-state index in [1.165, 1.54) is 16.8 Å². The number of hydrogen-bond donors (Lipinski definition) is 0. The van der Waals surface area contributed by atoms with E-state index in [4.69, 9.17) is 0 Å². The van der Waals surface area contributed by atoms with Crippen LogP contribution in [0.3, 0.4) is 0 Å². The van der Waals surface area contributed by atoms with Gasteiger partial charge in [-0.3, -0.25) is 4.90 Å². The molecule has 3 heteroatoms. The fraction of sp³-hybridized carbons (Fsp3) is 0.368. The van der Waals surface area contributed by atoms with Gasteiger partial charge in [0, 0.05) is 42.4 Å². The molecule has 1 aliphatic heterocycles. The van der Waals surface area contributed by atoms with Crippen molar-refractivity contribution in [3.05, 3.63) is 64.1 Å². The Labute approximate surface area is 141 Å². The molecule has 2 aromatic rings. The molecule has 1 fully saturated rings. The first-order valence-electron chi connectivity index (χ1n) is 7.92. The van der Waals surface area contributed by atoms with Gasteiger partial charge in [0.1, 0.15) is 0 Å².